The van der Waals surface area contributed by atoms with Gasteiger partial charge in [0.15, 0.2) is 0 Å². The van der Waals surface area contributed by atoms with Gasteiger partial charge in [0, 0.05) is 56.5 Å². The SMILES string of the molecule is O=C(C1CCCN(C2CCN(Cc3cccnc3)CC2)C1)N1CCn2cccc2C1. The van der Waals surface area contributed by atoms with Crippen LogP contribution < -0.4 is 0 Å². The molecule has 3 aliphatic rings. The van der Waals surface area contributed by atoms with Gasteiger partial charge in [0.05, 0.1) is 12.5 Å². The maximum Gasteiger partial charge on any atom is 0.227 e. The van der Waals surface area contributed by atoms with Gasteiger partial charge in [-0.3, -0.25) is 19.6 Å². The van der Waals surface area contributed by atoms with Gasteiger partial charge < -0.3 is 9.47 Å². The smallest absolute Gasteiger partial charge is 0.227 e. The summed E-state index contributed by atoms with van der Waals surface area (Å²) >= 11 is 0. The number of piperidine rings is 2. The molecule has 1 unspecified atom stereocenters. The predicted molar refractivity (Wildman–Crippen MR) is 117 cm³/mol. The van der Waals surface area contributed by atoms with Gasteiger partial charge in [0.1, 0.15) is 0 Å². The largest absolute Gasteiger partial charge is 0.348 e. The number of nitrogens with zero attached hydrogens (tertiary/aromatic N) is 5. The molecule has 5 rings (SSSR count). The van der Waals surface area contributed by atoms with Crippen molar-refractivity contribution in [2.45, 2.75) is 51.4 Å². The van der Waals surface area contributed by atoms with E-state index < -0.39 is 0 Å². The van der Waals surface area contributed by atoms with E-state index in [2.05, 4.69) is 48.6 Å². The third-order valence-electron chi connectivity index (χ3n) is 7.20. The van der Waals surface area contributed by atoms with Crippen molar-refractivity contribution in [2.75, 3.05) is 32.7 Å². The summed E-state index contributed by atoms with van der Waals surface area (Å²) in [6, 6.07) is 9.05. The van der Waals surface area contributed by atoms with Crippen molar-refractivity contribution in [3.63, 3.8) is 0 Å². The Balaban J connectivity index is 1.13. The average molecular weight is 408 g/mol. The summed E-state index contributed by atoms with van der Waals surface area (Å²) < 4.78 is 2.27. The van der Waals surface area contributed by atoms with Crippen LogP contribution in [0.15, 0.2) is 42.9 Å². The summed E-state index contributed by atoms with van der Waals surface area (Å²) in [5, 5.41) is 0. The van der Waals surface area contributed by atoms with Crippen molar-refractivity contribution >= 4 is 5.91 Å². The molecule has 160 valence electrons. The Morgan fingerprint density at radius 3 is 2.77 bits per heavy atom. The summed E-state index contributed by atoms with van der Waals surface area (Å²) in [5.41, 5.74) is 2.57. The molecule has 0 aromatic carbocycles. The van der Waals surface area contributed by atoms with Gasteiger partial charge in [-0.05, 0) is 69.1 Å². The molecule has 6 heteroatoms. The molecule has 2 saturated heterocycles. The number of hydrogen-bond acceptors (Lipinski definition) is 4. The zero-order valence-corrected chi connectivity index (χ0v) is 17.8. The number of carbonyl (C=O) groups excluding carboxylic acids is 1. The van der Waals surface area contributed by atoms with Crippen LogP contribution in [0.5, 0.6) is 0 Å². The highest BCUT2D eigenvalue weighted by atomic mass is 16.2. The van der Waals surface area contributed by atoms with Crippen LogP contribution in [-0.2, 0) is 24.4 Å². The van der Waals surface area contributed by atoms with Crippen LogP contribution in [0.4, 0.5) is 0 Å². The van der Waals surface area contributed by atoms with Crippen molar-refractivity contribution in [1.29, 1.82) is 0 Å². The fourth-order valence-electron chi connectivity index (χ4n) is 5.49. The van der Waals surface area contributed by atoms with E-state index >= 15 is 0 Å². The summed E-state index contributed by atoms with van der Waals surface area (Å²) in [7, 11) is 0. The third-order valence-corrected chi connectivity index (χ3v) is 7.20. The molecule has 0 spiro atoms. The van der Waals surface area contributed by atoms with Crippen LogP contribution >= 0.6 is 0 Å². The Hall–Kier alpha value is -2.18. The molecule has 0 radical (unpaired) electrons. The highest BCUT2D eigenvalue weighted by molar-refractivity contribution is 5.79. The minimum atomic E-state index is 0.175. The number of rotatable bonds is 4. The number of likely N-dealkylation sites (tertiary alicyclic amines) is 2. The first-order chi connectivity index (χ1) is 14.8. The second-order valence-electron chi connectivity index (χ2n) is 9.16. The number of aromatic nitrogens is 2. The van der Waals surface area contributed by atoms with Gasteiger partial charge in [-0.2, -0.15) is 0 Å². The summed E-state index contributed by atoms with van der Waals surface area (Å²) in [6.45, 7) is 7.93. The number of amides is 1. The molecule has 2 aromatic heterocycles. The van der Waals surface area contributed by atoms with Gasteiger partial charge in [-0.15, -0.1) is 0 Å². The fraction of sp³-hybridized carbons (Fsp3) is 0.583. The molecule has 0 aliphatic carbocycles. The minimum Gasteiger partial charge on any atom is -0.348 e. The molecule has 0 bridgehead atoms. The number of pyridine rings is 1. The van der Waals surface area contributed by atoms with Gasteiger partial charge in [-0.1, -0.05) is 6.07 Å². The molecular formula is C24H33N5O. The Bertz CT molecular complexity index is 842. The second kappa shape index (κ2) is 8.90. The lowest BCUT2D eigenvalue weighted by molar-refractivity contribution is -0.139. The molecule has 6 nitrogen and oxygen atoms in total. The number of fused-ring (bicyclic) bond motifs is 1. The van der Waals surface area contributed by atoms with Crippen LogP contribution in [0.1, 0.15) is 36.9 Å². The fourth-order valence-corrected chi connectivity index (χ4v) is 5.49. The quantitative estimate of drug-likeness (QED) is 0.782. The number of hydrogen-bond donors (Lipinski definition) is 0. The van der Waals surface area contributed by atoms with E-state index in [0.29, 0.717) is 11.9 Å². The van der Waals surface area contributed by atoms with E-state index in [1.807, 2.05) is 18.5 Å². The first-order valence-corrected chi connectivity index (χ1v) is 11.5. The van der Waals surface area contributed by atoms with Crippen LogP contribution in [0.3, 0.4) is 0 Å². The maximum absolute atomic E-state index is 13.2. The first-order valence-electron chi connectivity index (χ1n) is 11.5. The molecule has 3 aliphatic heterocycles. The third kappa shape index (κ3) is 4.30. The maximum atomic E-state index is 13.2. The molecular weight excluding hydrogens is 374 g/mol. The predicted octanol–water partition coefficient (Wildman–Crippen LogP) is 2.60. The highest BCUT2D eigenvalue weighted by Gasteiger charge is 2.34. The molecule has 5 heterocycles. The van der Waals surface area contributed by atoms with E-state index in [4.69, 9.17) is 0 Å². The molecule has 0 N–H and O–H groups in total. The van der Waals surface area contributed by atoms with Crippen LogP contribution in [-0.4, -0.2) is 68.9 Å². The minimum absolute atomic E-state index is 0.175. The molecule has 30 heavy (non-hydrogen) atoms. The zero-order valence-electron chi connectivity index (χ0n) is 17.8. The summed E-state index contributed by atoms with van der Waals surface area (Å²) in [5.74, 6) is 0.551. The molecule has 0 saturated carbocycles. The monoisotopic (exact) mass is 407 g/mol. The van der Waals surface area contributed by atoms with Gasteiger partial charge in [0.25, 0.3) is 0 Å². The van der Waals surface area contributed by atoms with E-state index in [1.165, 1.54) is 24.1 Å². The van der Waals surface area contributed by atoms with Gasteiger partial charge in [0.2, 0.25) is 5.91 Å². The molecule has 2 aromatic rings. The first kappa shape index (κ1) is 19.8. The Morgan fingerprint density at radius 1 is 1.03 bits per heavy atom. The van der Waals surface area contributed by atoms with E-state index in [1.54, 1.807) is 0 Å². The average Bonchev–Trinajstić information content (AvgIpc) is 3.28. The lowest BCUT2D eigenvalue weighted by atomic mass is 9.92. The topological polar surface area (TPSA) is 44.6 Å². The van der Waals surface area contributed by atoms with E-state index in [-0.39, 0.29) is 5.92 Å². The standard InChI is InChI=1S/C24H33N5O/c30-24(29-15-14-27-10-3-6-23(27)19-29)21-5-2-11-28(18-21)22-7-12-26(13-8-22)17-20-4-1-9-25-16-20/h1,3-4,6,9-10,16,21-22H,2,5,7-8,11-15,17-19H2. The Morgan fingerprint density at radius 2 is 1.93 bits per heavy atom. The number of carbonyl (C=O) groups is 1. The Kier molecular flexibility index (Phi) is 5.86. The van der Waals surface area contributed by atoms with Crippen molar-refractivity contribution in [1.82, 2.24) is 24.3 Å². The Labute approximate surface area is 179 Å². The van der Waals surface area contributed by atoms with Crippen molar-refractivity contribution < 1.29 is 4.79 Å². The molecule has 1 amide bonds. The molecule has 1 atom stereocenters. The summed E-state index contributed by atoms with van der Waals surface area (Å²) in [6.07, 6.45) is 10.6. The van der Waals surface area contributed by atoms with Crippen molar-refractivity contribution in [3.05, 3.63) is 54.1 Å². The molecule has 2 fully saturated rings. The van der Waals surface area contributed by atoms with E-state index in [9.17, 15) is 4.79 Å². The highest BCUT2D eigenvalue weighted by Crippen LogP contribution is 2.27. The summed E-state index contributed by atoms with van der Waals surface area (Å²) in [4.78, 5) is 24.8. The zero-order chi connectivity index (χ0) is 20.3. The van der Waals surface area contributed by atoms with Crippen molar-refractivity contribution in [2.24, 2.45) is 5.92 Å². The lowest BCUT2D eigenvalue weighted by Crippen LogP contribution is -2.51. The van der Waals surface area contributed by atoms with Gasteiger partial charge >= 0.3 is 0 Å². The van der Waals surface area contributed by atoms with Gasteiger partial charge in [-0.25, -0.2) is 0 Å². The van der Waals surface area contributed by atoms with Crippen LogP contribution in [0.25, 0.3) is 0 Å². The van der Waals surface area contributed by atoms with Crippen LogP contribution in [0.2, 0.25) is 0 Å². The van der Waals surface area contributed by atoms with Crippen molar-refractivity contribution in [3.8, 4) is 0 Å². The second-order valence-corrected chi connectivity index (χ2v) is 9.16. The van der Waals surface area contributed by atoms with Crippen LogP contribution in [0, 0.1) is 5.92 Å². The normalized spacial score (nSPS) is 24.0. The van der Waals surface area contributed by atoms with E-state index in [0.717, 1.165) is 65.2 Å². The lowest BCUT2D eigenvalue weighted by Gasteiger charge is -2.43.